The highest BCUT2D eigenvalue weighted by molar-refractivity contribution is 6.16. The molecule has 0 unspecified atom stereocenters. The summed E-state index contributed by atoms with van der Waals surface area (Å²) in [6.07, 6.45) is 1.20. The topological polar surface area (TPSA) is 99.3 Å². The first-order valence-electron chi connectivity index (χ1n) is 6.69. The van der Waals surface area contributed by atoms with Gasteiger partial charge in [-0.25, -0.2) is 0 Å². The van der Waals surface area contributed by atoms with E-state index in [-0.39, 0.29) is 30.0 Å². The smallest absolute Gasteiger partial charge is 0.381 e. The molecule has 1 heterocycles. The lowest BCUT2D eigenvalue weighted by Crippen LogP contribution is -2.27. The number of hydrogen-bond donors (Lipinski definition) is 1. The Kier molecular flexibility index (Phi) is 5.53. The Morgan fingerprint density at radius 3 is 2.70 bits per heavy atom. The van der Waals surface area contributed by atoms with Crippen molar-refractivity contribution in [1.29, 1.82) is 0 Å². The van der Waals surface area contributed by atoms with E-state index < -0.39 is 4.92 Å². The fraction of sp³-hybridized carbons (Fsp3) is 0.286. The Hall–Kier alpha value is -2.61. The maximum Gasteiger partial charge on any atom is 0.381 e. The third kappa shape index (κ3) is 4.43. The van der Waals surface area contributed by atoms with Crippen molar-refractivity contribution in [2.24, 2.45) is 0 Å². The van der Waals surface area contributed by atoms with Crippen molar-refractivity contribution in [2.75, 3.05) is 7.11 Å². The molecule has 2 rings (SSSR count). The molecule has 0 atom stereocenters. The Morgan fingerprint density at radius 2 is 2.13 bits per heavy atom. The summed E-state index contributed by atoms with van der Waals surface area (Å²) >= 11 is 5.69. The van der Waals surface area contributed by atoms with E-state index in [2.05, 4.69) is 10.3 Å². The quantitative estimate of drug-likeness (QED) is 0.472. The van der Waals surface area contributed by atoms with E-state index in [1.165, 1.54) is 10.8 Å². The van der Waals surface area contributed by atoms with Crippen LogP contribution in [0.4, 0.5) is 5.82 Å². The summed E-state index contributed by atoms with van der Waals surface area (Å²) in [5, 5.41) is 13.4. The minimum absolute atomic E-state index is 0.0143. The highest BCUT2D eigenvalue weighted by Gasteiger charge is 2.19. The molecule has 1 aromatic heterocycles. The molecule has 0 aliphatic heterocycles. The van der Waals surface area contributed by atoms with Gasteiger partial charge < -0.3 is 20.2 Å². The van der Waals surface area contributed by atoms with E-state index in [0.29, 0.717) is 6.54 Å². The van der Waals surface area contributed by atoms with Crippen LogP contribution in [0.15, 0.2) is 30.5 Å². The highest BCUT2D eigenvalue weighted by Crippen LogP contribution is 2.13. The molecule has 0 bridgehead atoms. The number of nitro groups is 1. The summed E-state index contributed by atoms with van der Waals surface area (Å²) in [6.45, 7) is 0.259. The van der Waals surface area contributed by atoms with Crippen LogP contribution in [0.1, 0.15) is 11.4 Å². The maximum atomic E-state index is 12.0. The van der Waals surface area contributed by atoms with Crippen LogP contribution in [0.3, 0.4) is 0 Å². The second-order valence-electron chi connectivity index (χ2n) is 4.66. The van der Waals surface area contributed by atoms with E-state index in [0.717, 1.165) is 11.3 Å². The summed E-state index contributed by atoms with van der Waals surface area (Å²) in [6, 6.07) is 7.27. The molecule has 1 aromatic carbocycles. The van der Waals surface area contributed by atoms with Gasteiger partial charge in [0, 0.05) is 6.54 Å². The van der Waals surface area contributed by atoms with Crippen molar-refractivity contribution in [3.8, 4) is 5.75 Å². The first-order chi connectivity index (χ1) is 11.0. The molecule has 0 fully saturated rings. The second-order valence-corrected chi connectivity index (χ2v) is 4.93. The van der Waals surface area contributed by atoms with Crippen LogP contribution in [0.5, 0.6) is 5.75 Å². The minimum Gasteiger partial charge on any atom is -0.497 e. The summed E-state index contributed by atoms with van der Waals surface area (Å²) in [5.74, 6) is 0.373. The number of hydrogen-bond acceptors (Lipinski definition) is 5. The Bertz CT molecular complexity index is 699. The number of imidazole rings is 1. The zero-order valence-corrected chi connectivity index (χ0v) is 13.1. The van der Waals surface area contributed by atoms with Crippen molar-refractivity contribution < 1.29 is 14.5 Å². The number of carbonyl (C=O) groups is 1. The van der Waals surface area contributed by atoms with Crippen LogP contribution in [0.25, 0.3) is 0 Å². The molecule has 0 saturated carbocycles. The van der Waals surface area contributed by atoms with Crippen LogP contribution >= 0.6 is 11.6 Å². The predicted molar refractivity (Wildman–Crippen MR) is 83.3 cm³/mol. The number of rotatable bonds is 7. The molecule has 0 saturated heterocycles. The molecule has 23 heavy (non-hydrogen) atoms. The summed E-state index contributed by atoms with van der Waals surface area (Å²) in [4.78, 5) is 25.8. The number of carbonyl (C=O) groups excluding carboxylic acids is 1. The van der Waals surface area contributed by atoms with Gasteiger partial charge >= 0.3 is 5.82 Å². The number of nitrogens with zero attached hydrogens (tertiary/aromatic N) is 3. The molecule has 2 aromatic rings. The molecule has 0 spiro atoms. The Balaban J connectivity index is 1.95. The summed E-state index contributed by atoms with van der Waals surface area (Å²) in [5.41, 5.74) is 0.910. The number of halogens is 1. The first-order valence-corrected chi connectivity index (χ1v) is 7.23. The Morgan fingerprint density at radius 1 is 1.43 bits per heavy atom. The van der Waals surface area contributed by atoms with Crippen molar-refractivity contribution in [1.82, 2.24) is 14.9 Å². The van der Waals surface area contributed by atoms with E-state index in [1.54, 1.807) is 19.2 Å². The fourth-order valence-electron chi connectivity index (χ4n) is 1.93. The lowest BCUT2D eigenvalue weighted by molar-refractivity contribution is -0.389. The number of ether oxygens (including phenoxy) is 1. The zero-order chi connectivity index (χ0) is 16.8. The molecule has 9 heteroatoms. The molecule has 0 radical (unpaired) electrons. The number of nitrogens with one attached hydrogen (secondary N) is 1. The predicted octanol–water partition coefficient (Wildman–Crippen LogP) is 1.86. The van der Waals surface area contributed by atoms with Gasteiger partial charge in [-0.05, 0) is 27.6 Å². The molecule has 1 N–H and O–H groups in total. The maximum absolute atomic E-state index is 12.0. The number of benzene rings is 1. The third-order valence-electron chi connectivity index (χ3n) is 3.12. The molecule has 8 nitrogen and oxygen atoms in total. The average molecular weight is 339 g/mol. The third-order valence-corrected chi connectivity index (χ3v) is 3.35. The van der Waals surface area contributed by atoms with Gasteiger partial charge in [0.1, 0.15) is 24.4 Å². The number of aromatic nitrogens is 2. The molecule has 0 aliphatic carbocycles. The van der Waals surface area contributed by atoms with Crippen LogP contribution in [0.2, 0.25) is 0 Å². The van der Waals surface area contributed by atoms with E-state index >= 15 is 0 Å². The van der Waals surface area contributed by atoms with Gasteiger partial charge in [0.05, 0.1) is 7.11 Å². The number of alkyl halides is 1. The van der Waals surface area contributed by atoms with Crippen LogP contribution in [-0.2, 0) is 23.8 Å². The van der Waals surface area contributed by atoms with Gasteiger partial charge in [-0.15, -0.1) is 11.6 Å². The largest absolute Gasteiger partial charge is 0.497 e. The average Bonchev–Trinajstić information content (AvgIpc) is 2.96. The van der Waals surface area contributed by atoms with E-state index in [4.69, 9.17) is 16.3 Å². The van der Waals surface area contributed by atoms with Gasteiger partial charge in [-0.3, -0.25) is 9.36 Å². The molecular formula is C14H15ClN4O4. The number of methoxy groups -OCH3 is 1. The second kappa shape index (κ2) is 7.59. The highest BCUT2D eigenvalue weighted by atomic mass is 35.5. The summed E-state index contributed by atoms with van der Waals surface area (Å²) < 4.78 is 6.43. The Labute approximate surface area is 137 Å². The van der Waals surface area contributed by atoms with Crippen molar-refractivity contribution >= 4 is 23.3 Å². The van der Waals surface area contributed by atoms with Gasteiger partial charge in [0.25, 0.3) is 0 Å². The minimum atomic E-state index is -0.623. The first kappa shape index (κ1) is 16.8. The van der Waals surface area contributed by atoms with Crippen LogP contribution in [0, 0.1) is 10.1 Å². The lowest BCUT2D eigenvalue weighted by Gasteiger charge is -2.07. The van der Waals surface area contributed by atoms with Gasteiger partial charge in [0.15, 0.2) is 0 Å². The SMILES string of the molecule is COc1ccc(CNC(=O)Cn2cc([N+](=O)[O-])nc2CCl)cc1. The van der Waals surface area contributed by atoms with Crippen molar-refractivity contribution in [2.45, 2.75) is 19.0 Å². The van der Waals surface area contributed by atoms with E-state index in [9.17, 15) is 14.9 Å². The van der Waals surface area contributed by atoms with Crippen molar-refractivity contribution in [3.63, 3.8) is 0 Å². The zero-order valence-electron chi connectivity index (χ0n) is 12.4. The molecular weight excluding hydrogens is 324 g/mol. The number of amides is 1. The standard InChI is InChI=1S/C14H15ClN4O4/c1-23-11-4-2-10(3-5-11)7-16-14(20)9-18-8-13(19(21)22)17-12(18)6-15/h2-5,8H,6-7,9H2,1H3,(H,16,20). The van der Waals surface area contributed by atoms with Crippen molar-refractivity contribution in [3.05, 3.63) is 52.0 Å². The monoisotopic (exact) mass is 338 g/mol. The van der Waals surface area contributed by atoms with Gasteiger partial charge in [-0.1, -0.05) is 12.1 Å². The van der Waals surface area contributed by atoms with Gasteiger partial charge in [-0.2, -0.15) is 0 Å². The van der Waals surface area contributed by atoms with Gasteiger partial charge in [0.2, 0.25) is 11.7 Å². The van der Waals surface area contributed by atoms with Crippen LogP contribution in [-0.4, -0.2) is 27.5 Å². The lowest BCUT2D eigenvalue weighted by atomic mass is 10.2. The van der Waals surface area contributed by atoms with Crippen LogP contribution < -0.4 is 10.1 Å². The normalized spacial score (nSPS) is 10.3. The molecule has 1 amide bonds. The molecule has 0 aliphatic rings. The summed E-state index contributed by atoms with van der Waals surface area (Å²) in [7, 11) is 1.58. The fourth-order valence-corrected chi connectivity index (χ4v) is 2.14. The molecule has 122 valence electrons. The van der Waals surface area contributed by atoms with E-state index in [1.807, 2.05) is 12.1 Å².